The highest BCUT2D eigenvalue weighted by atomic mass is 16.1. The van der Waals surface area contributed by atoms with Crippen molar-refractivity contribution in [2.75, 3.05) is 0 Å². The summed E-state index contributed by atoms with van der Waals surface area (Å²) in [5.41, 5.74) is 7.60. The summed E-state index contributed by atoms with van der Waals surface area (Å²) in [6.45, 7) is 8.70. The number of hydrogen-bond acceptors (Lipinski definition) is 1. The van der Waals surface area contributed by atoms with Crippen LogP contribution in [-0.2, 0) is 12.8 Å². The van der Waals surface area contributed by atoms with Crippen LogP contribution >= 0.6 is 0 Å². The third-order valence-electron chi connectivity index (χ3n) is 7.34. The van der Waals surface area contributed by atoms with Crippen molar-refractivity contribution < 1.29 is 4.79 Å². The molecule has 0 unspecified atom stereocenters. The zero-order valence-corrected chi connectivity index (χ0v) is 22.4. The lowest BCUT2D eigenvalue weighted by Gasteiger charge is -2.30. The van der Waals surface area contributed by atoms with Crippen LogP contribution in [0.1, 0.15) is 96.5 Å². The molecule has 1 heteroatoms. The molecule has 0 N–H and O–H groups in total. The van der Waals surface area contributed by atoms with Crippen LogP contribution in [0.25, 0.3) is 0 Å². The highest BCUT2D eigenvalue weighted by Crippen LogP contribution is 2.33. The molecule has 0 atom stereocenters. The van der Waals surface area contributed by atoms with Crippen molar-refractivity contribution in [2.45, 2.75) is 91.9 Å². The summed E-state index contributed by atoms with van der Waals surface area (Å²) in [7, 11) is 0. The van der Waals surface area contributed by atoms with E-state index < -0.39 is 0 Å². The summed E-state index contributed by atoms with van der Waals surface area (Å²) >= 11 is 0. The number of unbranched alkanes of at least 4 members (excludes halogenated alkanes) is 5. The second kappa shape index (κ2) is 13.4. The monoisotopic (exact) mass is 468 g/mol. The Kier molecular flexibility index (Phi) is 10.3. The van der Waals surface area contributed by atoms with Gasteiger partial charge in [-0.2, -0.15) is 0 Å². The predicted molar refractivity (Wildman–Crippen MR) is 150 cm³/mol. The first-order valence-electron chi connectivity index (χ1n) is 13.6. The first-order chi connectivity index (χ1) is 16.9. The van der Waals surface area contributed by atoms with E-state index in [1.807, 2.05) is 0 Å². The molecule has 0 aliphatic rings. The maximum Gasteiger partial charge on any atom is 0.163 e. The summed E-state index contributed by atoms with van der Waals surface area (Å²) in [5, 5.41) is 0. The average molecular weight is 469 g/mol. The maximum absolute atomic E-state index is 12.7. The Morgan fingerprint density at radius 3 is 1.63 bits per heavy atom. The lowest BCUT2D eigenvalue weighted by molar-refractivity contribution is 0.0978. The van der Waals surface area contributed by atoms with Crippen LogP contribution in [0.15, 0.2) is 72.8 Å². The number of rotatable bonds is 14. The molecule has 0 fully saturated rings. The summed E-state index contributed by atoms with van der Waals surface area (Å²) in [6.07, 6.45) is 11.4. The van der Waals surface area contributed by atoms with Gasteiger partial charge in [0.05, 0.1) is 0 Å². The molecule has 0 radical (unpaired) electrons. The molecule has 0 aliphatic carbocycles. The first kappa shape index (κ1) is 26.9. The Balaban J connectivity index is 1.40. The lowest BCUT2D eigenvalue weighted by Crippen LogP contribution is -2.23. The molecular weight excluding hydrogens is 424 g/mol. The zero-order chi connectivity index (χ0) is 25.1. The van der Waals surface area contributed by atoms with Gasteiger partial charge in [-0.1, -0.05) is 117 Å². The van der Waals surface area contributed by atoms with Crippen molar-refractivity contribution in [1.82, 2.24) is 0 Å². The molecule has 3 aromatic carbocycles. The molecule has 3 rings (SSSR count). The van der Waals surface area contributed by atoms with Crippen LogP contribution in [0.2, 0.25) is 0 Å². The molecule has 35 heavy (non-hydrogen) atoms. The van der Waals surface area contributed by atoms with Crippen LogP contribution in [0.3, 0.4) is 0 Å². The minimum atomic E-state index is 0.277. The van der Waals surface area contributed by atoms with Gasteiger partial charge in [0.2, 0.25) is 0 Å². The SMILES string of the molecule is Cc1cc(C)c(C(=O)CCCCCCCCC(C)(Cc2ccccc2)Cc2ccccc2)c(C)c1. The molecule has 3 aromatic rings. The Labute approximate surface area is 214 Å². The summed E-state index contributed by atoms with van der Waals surface area (Å²) in [4.78, 5) is 12.7. The number of benzene rings is 3. The second-order valence-electron chi connectivity index (χ2n) is 11.0. The fraction of sp³-hybridized carbons (Fsp3) is 0.441. The number of ketones is 1. The molecular formula is C34H44O. The smallest absolute Gasteiger partial charge is 0.163 e. The normalized spacial score (nSPS) is 11.5. The van der Waals surface area contributed by atoms with Gasteiger partial charge < -0.3 is 0 Å². The lowest BCUT2D eigenvalue weighted by atomic mass is 9.74. The van der Waals surface area contributed by atoms with E-state index in [0.29, 0.717) is 12.2 Å². The molecule has 0 amide bonds. The van der Waals surface area contributed by atoms with Crippen LogP contribution in [-0.4, -0.2) is 5.78 Å². The predicted octanol–water partition coefficient (Wildman–Crippen LogP) is 9.41. The number of carbonyl (C=O) groups is 1. The van der Waals surface area contributed by atoms with Gasteiger partial charge >= 0.3 is 0 Å². The minimum Gasteiger partial charge on any atom is -0.294 e. The van der Waals surface area contributed by atoms with Crippen molar-refractivity contribution in [3.63, 3.8) is 0 Å². The third kappa shape index (κ3) is 8.80. The van der Waals surface area contributed by atoms with E-state index in [-0.39, 0.29) is 5.41 Å². The van der Waals surface area contributed by atoms with E-state index in [4.69, 9.17) is 0 Å². The van der Waals surface area contributed by atoms with E-state index >= 15 is 0 Å². The zero-order valence-electron chi connectivity index (χ0n) is 22.4. The van der Waals surface area contributed by atoms with Gasteiger partial charge in [0.25, 0.3) is 0 Å². The minimum absolute atomic E-state index is 0.277. The highest BCUT2D eigenvalue weighted by molar-refractivity contribution is 5.98. The second-order valence-corrected chi connectivity index (χ2v) is 11.0. The molecule has 186 valence electrons. The van der Waals surface area contributed by atoms with Crippen molar-refractivity contribution in [3.8, 4) is 0 Å². The van der Waals surface area contributed by atoms with Gasteiger partial charge in [-0.25, -0.2) is 0 Å². The van der Waals surface area contributed by atoms with Crippen LogP contribution in [0.5, 0.6) is 0 Å². The standard InChI is InChI=1S/C34H44O/c1-27-23-28(2)33(29(3)24-27)32(35)21-15-7-5-6-8-16-22-34(4,25-30-17-11-9-12-18-30)26-31-19-13-10-14-20-31/h9-14,17-20,23-24H,5-8,15-16,21-22,25-26H2,1-4H3. The molecule has 0 bridgehead atoms. The van der Waals surface area contributed by atoms with Gasteiger partial charge in [-0.3, -0.25) is 4.79 Å². The van der Waals surface area contributed by atoms with Crippen LogP contribution in [0, 0.1) is 26.2 Å². The molecule has 0 heterocycles. The Morgan fingerprint density at radius 1 is 0.657 bits per heavy atom. The van der Waals surface area contributed by atoms with E-state index in [2.05, 4.69) is 100 Å². The fourth-order valence-corrected chi connectivity index (χ4v) is 5.71. The van der Waals surface area contributed by atoms with Crippen molar-refractivity contribution in [3.05, 3.63) is 106 Å². The van der Waals surface area contributed by atoms with Gasteiger partial charge in [-0.05, 0) is 74.1 Å². The molecule has 0 saturated heterocycles. The van der Waals surface area contributed by atoms with Crippen LogP contribution < -0.4 is 0 Å². The fourth-order valence-electron chi connectivity index (χ4n) is 5.71. The van der Waals surface area contributed by atoms with Gasteiger partial charge in [0, 0.05) is 12.0 Å². The summed E-state index contributed by atoms with van der Waals surface area (Å²) < 4.78 is 0. The summed E-state index contributed by atoms with van der Waals surface area (Å²) in [5.74, 6) is 0.317. The topological polar surface area (TPSA) is 17.1 Å². The van der Waals surface area contributed by atoms with Crippen LogP contribution in [0.4, 0.5) is 0 Å². The number of carbonyl (C=O) groups excluding carboxylic acids is 1. The maximum atomic E-state index is 12.7. The quantitative estimate of drug-likeness (QED) is 0.170. The number of aryl methyl sites for hydroxylation is 3. The molecule has 0 aromatic heterocycles. The Morgan fingerprint density at radius 2 is 1.11 bits per heavy atom. The van der Waals surface area contributed by atoms with E-state index in [0.717, 1.165) is 42.4 Å². The molecule has 0 spiro atoms. The van der Waals surface area contributed by atoms with Crippen molar-refractivity contribution >= 4 is 5.78 Å². The molecule has 1 nitrogen and oxygen atoms in total. The highest BCUT2D eigenvalue weighted by Gasteiger charge is 2.24. The largest absolute Gasteiger partial charge is 0.294 e. The average Bonchev–Trinajstić information content (AvgIpc) is 2.81. The summed E-state index contributed by atoms with van der Waals surface area (Å²) in [6, 6.07) is 26.2. The number of Topliss-reactive ketones (excluding diaryl/α,β-unsaturated/α-hetero) is 1. The first-order valence-corrected chi connectivity index (χ1v) is 13.6. The molecule has 0 aliphatic heterocycles. The van der Waals surface area contributed by atoms with Gasteiger partial charge in [0.1, 0.15) is 0 Å². The number of hydrogen-bond donors (Lipinski definition) is 0. The Bertz CT molecular complexity index is 984. The van der Waals surface area contributed by atoms with E-state index in [1.165, 1.54) is 48.8 Å². The molecule has 0 saturated carbocycles. The van der Waals surface area contributed by atoms with Gasteiger partial charge in [0.15, 0.2) is 5.78 Å². The van der Waals surface area contributed by atoms with Crippen molar-refractivity contribution in [1.29, 1.82) is 0 Å². The van der Waals surface area contributed by atoms with E-state index in [9.17, 15) is 4.79 Å². The Hall–Kier alpha value is -2.67. The third-order valence-corrected chi connectivity index (χ3v) is 7.34. The van der Waals surface area contributed by atoms with E-state index in [1.54, 1.807) is 0 Å². The van der Waals surface area contributed by atoms with Gasteiger partial charge in [-0.15, -0.1) is 0 Å². The van der Waals surface area contributed by atoms with Crippen molar-refractivity contribution in [2.24, 2.45) is 5.41 Å².